The van der Waals surface area contributed by atoms with E-state index in [1.54, 1.807) is 31.4 Å². The van der Waals surface area contributed by atoms with E-state index in [9.17, 15) is 8.42 Å². The minimum absolute atomic E-state index is 0.106. The molecular weight excluding hydrogens is 286 g/mol. The van der Waals surface area contributed by atoms with Crippen LogP contribution in [0.15, 0.2) is 24.3 Å². The SMILES string of the molecule is COc1cccc(OC(=S)NC2CCS(=O)(=O)C2)c1. The molecule has 0 spiro atoms. The summed E-state index contributed by atoms with van der Waals surface area (Å²) in [7, 11) is -1.35. The zero-order chi connectivity index (χ0) is 13.9. The Labute approximate surface area is 117 Å². The van der Waals surface area contributed by atoms with Crippen molar-refractivity contribution in [3.05, 3.63) is 24.3 Å². The van der Waals surface area contributed by atoms with Gasteiger partial charge in [-0.3, -0.25) is 0 Å². The van der Waals surface area contributed by atoms with Crippen LogP contribution in [-0.2, 0) is 9.84 Å². The van der Waals surface area contributed by atoms with Crippen LogP contribution in [-0.4, -0.2) is 38.2 Å². The van der Waals surface area contributed by atoms with Gasteiger partial charge in [0.2, 0.25) is 0 Å². The molecule has 1 aliphatic rings. The van der Waals surface area contributed by atoms with Gasteiger partial charge >= 0.3 is 0 Å². The maximum atomic E-state index is 11.3. The minimum Gasteiger partial charge on any atom is -0.497 e. The van der Waals surface area contributed by atoms with Crippen LogP contribution in [0.3, 0.4) is 0 Å². The first-order valence-electron chi connectivity index (χ1n) is 5.81. The number of hydrogen-bond donors (Lipinski definition) is 1. The summed E-state index contributed by atoms with van der Waals surface area (Å²) in [5.41, 5.74) is 0. The highest BCUT2D eigenvalue weighted by Crippen LogP contribution is 2.19. The van der Waals surface area contributed by atoms with Gasteiger partial charge in [0.05, 0.1) is 18.6 Å². The highest BCUT2D eigenvalue weighted by atomic mass is 32.2. The van der Waals surface area contributed by atoms with Crippen molar-refractivity contribution in [2.75, 3.05) is 18.6 Å². The third kappa shape index (κ3) is 4.07. The van der Waals surface area contributed by atoms with Gasteiger partial charge in [0, 0.05) is 12.1 Å². The first-order chi connectivity index (χ1) is 8.98. The fraction of sp³-hybridized carbons (Fsp3) is 0.417. The average molecular weight is 301 g/mol. The van der Waals surface area contributed by atoms with Crippen LogP contribution < -0.4 is 14.8 Å². The fourth-order valence-electron chi connectivity index (χ4n) is 1.88. The van der Waals surface area contributed by atoms with E-state index in [-0.39, 0.29) is 22.7 Å². The van der Waals surface area contributed by atoms with Crippen molar-refractivity contribution in [2.45, 2.75) is 12.5 Å². The molecule has 0 radical (unpaired) electrons. The summed E-state index contributed by atoms with van der Waals surface area (Å²) < 4.78 is 33.2. The molecule has 1 aromatic carbocycles. The second-order valence-electron chi connectivity index (χ2n) is 4.31. The van der Waals surface area contributed by atoms with E-state index in [0.717, 1.165) is 0 Å². The molecule has 2 rings (SSSR count). The van der Waals surface area contributed by atoms with Gasteiger partial charge in [0.1, 0.15) is 11.5 Å². The molecule has 1 aromatic rings. The second-order valence-corrected chi connectivity index (χ2v) is 6.91. The van der Waals surface area contributed by atoms with Crippen molar-refractivity contribution in [1.29, 1.82) is 0 Å². The van der Waals surface area contributed by atoms with Crippen LogP contribution in [0, 0.1) is 0 Å². The first-order valence-corrected chi connectivity index (χ1v) is 8.04. The number of methoxy groups -OCH3 is 1. The molecule has 1 unspecified atom stereocenters. The Morgan fingerprint density at radius 2 is 2.16 bits per heavy atom. The summed E-state index contributed by atoms with van der Waals surface area (Å²) in [5, 5.41) is 3.09. The molecule has 0 saturated carbocycles. The lowest BCUT2D eigenvalue weighted by molar-refractivity contribution is 0.411. The summed E-state index contributed by atoms with van der Waals surface area (Å²) in [6.07, 6.45) is 0.559. The molecule has 1 fully saturated rings. The van der Waals surface area contributed by atoms with Crippen LogP contribution in [0.2, 0.25) is 0 Å². The van der Waals surface area contributed by atoms with Crippen molar-refractivity contribution in [2.24, 2.45) is 0 Å². The van der Waals surface area contributed by atoms with Crippen LogP contribution in [0.25, 0.3) is 0 Å². The Kier molecular flexibility index (Phi) is 4.26. The smallest absolute Gasteiger partial charge is 0.262 e. The van der Waals surface area contributed by atoms with Crippen molar-refractivity contribution < 1.29 is 17.9 Å². The van der Waals surface area contributed by atoms with Crippen LogP contribution in [0.4, 0.5) is 0 Å². The van der Waals surface area contributed by atoms with Gasteiger partial charge in [0.15, 0.2) is 9.84 Å². The van der Waals surface area contributed by atoms with E-state index in [0.29, 0.717) is 17.9 Å². The number of hydrogen-bond acceptors (Lipinski definition) is 5. The van der Waals surface area contributed by atoms with Gasteiger partial charge in [-0.05, 0) is 30.8 Å². The normalized spacial score (nSPS) is 20.8. The van der Waals surface area contributed by atoms with Gasteiger partial charge in [-0.1, -0.05) is 6.07 Å². The molecule has 5 nitrogen and oxygen atoms in total. The number of ether oxygens (including phenoxy) is 2. The van der Waals surface area contributed by atoms with E-state index < -0.39 is 9.84 Å². The number of thiocarbonyl (C=S) groups is 1. The number of benzene rings is 1. The van der Waals surface area contributed by atoms with Crippen LogP contribution in [0.1, 0.15) is 6.42 Å². The summed E-state index contributed by atoms with van der Waals surface area (Å²) >= 11 is 5.06. The quantitative estimate of drug-likeness (QED) is 0.845. The Morgan fingerprint density at radius 1 is 1.42 bits per heavy atom. The van der Waals surface area contributed by atoms with E-state index in [1.807, 2.05) is 0 Å². The van der Waals surface area contributed by atoms with Gasteiger partial charge in [0.25, 0.3) is 5.17 Å². The van der Waals surface area contributed by atoms with E-state index in [2.05, 4.69) is 5.32 Å². The molecule has 0 aliphatic carbocycles. The Balaban J connectivity index is 1.91. The van der Waals surface area contributed by atoms with Crippen molar-refractivity contribution in [3.8, 4) is 11.5 Å². The third-order valence-corrected chi connectivity index (χ3v) is 4.78. The maximum Gasteiger partial charge on any atom is 0.262 e. The monoisotopic (exact) mass is 301 g/mol. The zero-order valence-electron chi connectivity index (χ0n) is 10.5. The third-order valence-electron chi connectivity index (χ3n) is 2.81. The first kappa shape index (κ1) is 14.1. The average Bonchev–Trinajstić information content (AvgIpc) is 2.68. The molecule has 1 N–H and O–H groups in total. The molecule has 1 saturated heterocycles. The largest absolute Gasteiger partial charge is 0.497 e. The molecule has 1 aliphatic heterocycles. The topological polar surface area (TPSA) is 64.6 Å². The molecule has 0 amide bonds. The van der Waals surface area contributed by atoms with Crippen molar-refractivity contribution >= 4 is 27.2 Å². The van der Waals surface area contributed by atoms with Crippen molar-refractivity contribution in [3.63, 3.8) is 0 Å². The lowest BCUT2D eigenvalue weighted by Gasteiger charge is -2.14. The predicted octanol–water partition coefficient (Wildman–Crippen LogP) is 1.14. The van der Waals surface area contributed by atoms with Crippen LogP contribution >= 0.6 is 12.2 Å². The molecular formula is C12H15NO4S2. The molecule has 0 aromatic heterocycles. The van der Waals surface area contributed by atoms with Gasteiger partial charge in [-0.15, -0.1) is 0 Å². The zero-order valence-corrected chi connectivity index (χ0v) is 12.1. The fourth-order valence-corrected chi connectivity index (χ4v) is 3.81. The van der Waals surface area contributed by atoms with E-state index >= 15 is 0 Å². The van der Waals surface area contributed by atoms with Gasteiger partial charge < -0.3 is 14.8 Å². The summed E-state index contributed by atoms with van der Waals surface area (Å²) in [6.45, 7) is 0. The van der Waals surface area contributed by atoms with Gasteiger partial charge in [-0.2, -0.15) is 0 Å². The van der Waals surface area contributed by atoms with Crippen LogP contribution in [0.5, 0.6) is 11.5 Å². The van der Waals surface area contributed by atoms with E-state index in [4.69, 9.17) is 21.7 Å². The highest BCUT2D eigenvalue weighted by molar-refractivity contribution is 7.91. The second kappa shape index (κ2) is 5.75. The molecule has 19 heavy (non-hydrogen) atoms. The molecule has 7 heteroatoms. The summed E-state index contributed by atoms with van der Waals surface area (Å²) in [6, 6.07) is 6.88. The Morgan fingerprint density at radius 3 is 2.79 bits per heavy atom. The molecule has 1 atom stereocenters. The van der Waals surface area contributed by atoms with Gasteiger partial charge in [-0.25, -0.2) is 8.42 Å². The highest BCUT2D eigenvalue weighted by Gasteiger charge is 2.28. The maximum absolute atomic E-state index is 11.3. The standard InChI is InChI=1S/C12H15NO4S2/c1-16-10-3-2-4-11(7-10)17-12(18)13-9-5-6-19(14,15)8-9/h2-4,7,9H,5-6,8H2,1H3,(H,13,18). The Bertz CT molecular complexity index is 571. The Hall–Kier alpha value is -1.34. The lowest BCUT2D eigenvalue weighted by Crippen LogP contribution is -2.37. The number of sulfone groups is 1. The molecule has 104 valence electrons. The molecule has 0 bridgehead atoms. The minimum atomic E-state index is -2.92. The molecule has 1 heterocycles. The van der Waals surface area contributed by atoms with Crippen molar-refractivity contribution in [1.82, 2.24) is 5.32 Å². The van der Waals surface area contributed by atoms with E-state index in [1.165, 1.54) is 0 Å². The summed E-state index contributed by atoms with van der Waals surface area (Å²) in [5.74, 6) is 1.53. The predicted molar refractivity (Wildman–Crippen MR) is 76.4 cm³/mol. The summed E-state index contributed by atoms with van der Waals surface area (Å²) in [4.78, 5) is 0. The number of nitrogens with one attached hydrogen (secondary N) is 1. The lowest BCUT2D eigenvalue weighted by atomic mass is 10.3. The number of rotatable bonds is 3.